The molecule has 10 atom stereocenters. The van der Waals surface area contributed by atoms with E-state index in [4.69, 9.17) is 47.1 Å². The van der Waals surface area contributed by atoms with E-state index in [1.165, 1.54) is 24.1 Å². The zero-order chi connectivity index (χ0) is 66.3. The molecule has 0 bridgehead atoms. The first-order valence-electron chi connectivity index (χ1n) is 31.1. The largest absolute Gasteiger partial charge is 0.377 e. The van der Waals surface area contributed by atoms with Crippen LogP contribution >= 0.6 is 0 Å². The van der Waals surface area contributed by atoms with E-state index in [1.807, 2.05) is 60.7 Å². The summed E-state index contributed by atoms with van der Waals surface area (Å²) in [6, 6.07) is 20.1. The fourth-order valence-electron chi connectivity index (χ4n) is 12.3. The van der Waals surface area contributed by atoms with Gasteiger partial charge in [0, 0.05) is 51.2 Å². The van der Waals surface area contributed by atoms with Crippen LogP contribution in [0.25, 0.3) is 0 Å². The number of carbonyl (C=O) groups is 9. The maximum Gasteiger partial charge on any atom is 0.265 e. The molecule has 3 aromatic carbocycles. The third-order valence-electron chi connectivity index (χ3n) is 17.1. The van der Waals surface area contributed by atoms with Crippen LogP contribution in [-0.4, -0.2) is 225 Å². The van der Waals surface area contributed by atoms with Crippen molar-refractivity contribution in [1.29, 1.82) is 0 Å². The summed E-state index contributed by atoms with van der Waals surface area (Å²) in [4.78, 5) is 138. The van der Waals surface area contributed by atoms with Gasteiger partial charge in [0.15, 0.2) is 6.04 Å². The molecule has 0 spiro atoms. The molecular formula is C62H89N15O15. The summed E-state index contributed by atoms with van der Waals surface area (Å²) >= 11 is 0. The summed E-state index contributed by atoms with van der Waals surface area (Å²) in [6.45, 7) is 1.10. The zero-order valence-corrected chi connectivity index (χ0v) is 52.4. The van der Waals surface area contributed by atoms with Crippen LogP contribution in [0.2, 0.25) is 0 Å². The lowest BCUT2D eigenvalue weighted by atomic mass is 9.92. The van der Waals surface area contributed by atoms with Crippen molar-refractivity contribution in [3.8, 4) is 0 Å². The average molecular weight is 1280 g/mol. The van der Waals surface area contributed by atoms with Crippen LogP contribution in [0.3, 0.4) is 0 Å². The third kappa shape index (κ3) is 19.3. The maximum absolute atomic E-state index is 14.7. The predicted molar refractivity (Wildman–Crippen MR) is 332 cm³/mol. The topological polar surface area (TPSA) is 401 Å². The van der Waals surface area contributed by atoms with Gasteiger partial charge in [-0.1, -0.05) is 96.2 Å². The normalized spacial score (nSPS) is 21.9. The number of hydrogen-bond donors (Lipinski definition) is 8. The second kappa shape index (κ2) is 35.8. The van der Waals surface area contributed by atoms with E-state index in [2.05, 4.69) is 26.4 Å². The molecule has 30 heteroatoms. The molecule has 3 unspecified atom stereocenters. The van der Waals surface area contributed by atoms with Gasteiger partial charge < -0.3 is 54.8 Å². The molecule has 3 aromatic rings. The monoisotopic (exact) mass is 1280 g/mol. The fraction of sp³-hybridized carbons (Fsp3) is 0.565. The van der Waals surface area contributed by atoms with E-state index in [9.17, 15) is 48.1 Å². The molecule has 4 heterocycles. The van der Waals surface area contributed by atoms with Crippen LogP contribution in [0.1, 0.15) is 87.1 Å². The quantitative estimate of drug-likeness (QED) is 0.0117. The highest BCUT2D eigenvalue weighted by Crippen LogP contribution is 2.38. The molecule has 7 rings (SSSR count). The molecule has 0 aromatic heterocycles. The van der Waals surface area contributed by atoms with Crippen LogP contribution in [0.15, 0.2) is 96.2 Å². The third-order valence-corrected chi connectivity index (χ3v) is 17.1. The van der Waals surface area contributed by atoms with E-state index in [1.54, 1.807) is 42.2 Å². The summed E-state index contributed by atoms with van der Waals surface area (Å²) in [7, 11) is 2.86. The number of benzene rings is 3. The molecule has 0 saturated carbocycles. The van der Waals surface area contributed by atoms with Gasteiger partial charge in [0.1, 0.15) is 43.5 Å². The Morgan fingerprint density at radius 1 is 0.587 bits per heavy atom. The molecule has 4 fully saturated rings. The molecule has 4 aliphatic rings. The molecule has 0 aliphatic carbocycles. The predicted octanol–water partition coefficient (Wildman–Crippen LogP) is -0.961. The van der Waals surface area contributed by atoms with Gasteiger partial charge in [-0.05, 0) is 75.0 Å². The first-order valence-corrected chi connectivity index (χ1v) is 31.1. The number of hydrogen-bond acceptors (Lipinski definition) is 21. The van der Waals surface area contributed by atoms with Gasteiger partial charge in [0.05, 0.1) is 65.3 Å². The van der Waals surface area contributed by atoms with Crippen molar-refractivity contribution in [2.45, 2.75) is 113 Å². The average Bonchev–Trinajstić information content (AvgIpc) is 1.59. The number of methoxy groups -OCH3 is 1. The van der Waals surface area contributed by atoms with Crippen molar-refractivity contribution in [3.05, 3.63) is 113 Å². The second-order valence-electron chi connectivity index (χ2n) is 23.3. The van der Waals surface area contributed by atoms with Gasteiger partial charge in [-0.2, -0.15) is 4.91 Å². The minimum atomic E-state index is -1.38. The second-order valence-corrected chi connectivity index (χ2v) is 23.3. The molecule has 92 heavy (non-hydrogen) atoms. The molecule has 9 amide bonds. The fourth-order valence-corrected chi connectivity index (χ4v) is 12.3. The number of nitroso groups, excluding NO2 is 1. The Bertz CT molecular complexity index is 2900. The van der Waals surface area contributed by atoms with Gasteiger partial charge in [-0.25, -0.2) is 22.5 Å². The van der Waals surface area contributed by atoms with Gasteiger partial charge in [0.25, 0.3) is 17.7 Å². The van der Waals surface area contributed by atoms with Crippen molar-refractivity contribution < 1.29 is 66.8 Å². The summed E-state index contributed by atoms with van der Waals surface area (Å²) < 4.78 is 27.4. The van der Waals surface area contributed by atoms with Crippen LogP contribution in [-0.2, 0) is 66.8 Å². The van der Waals surface area contributed by atoms with Crippen molar-refractivity contribution in [3.63, 3.8) is 0 Å². The molecule has 0 radical (unpaired) electrons. The lowest BCUT2D eigenvalue weighted by molar-refractivity contribution is -0.153. The SMILES string of the molecule is CO[C@H](C)C(=O)N[C@@H]1C(=O)N2[C@@H](CC[C@@H]1CNC(=O)COCC(=O)NCCOCCOCCOCCN(N)C(=O)[C@H](c1ccccc1)N(N)C(=O)[C@@H]1CCC3CCC(CN=O)C(NC(=O)CN(C)N)C(=O)N31)CC[C@H]2C(=O)N(N)C(c1ccccc1)c1ccccc1. The van der Waals surface area contributed by atoms with E-state index in [-0.39, 0.29) is 90.9 Å². The van der Waals surface area contributed by atoms with Crippen molar-refractivity contribution >= 4 is 53.2 Å². The maximum atomic E-state index is 14.7. The van der Waals surface area contributed by atoms with E-state index < -0.39 is 121 Å². The summed E-state index contributed by atoms with van der Waals surface area (Å²) in [5.74, 6) is 19.0. The number of fused-ring (bicyclic) bond motifs is 2. The number of carbonyl (C=O) groups excluding carboxylic acids is 9. The number of amides is 9. The summed E-state index contributed by atoms with van der Waals surface area (Å²) in [5.41, 5.74) is 1.95. The highest BCUT2D eigenvalue weighted by atomic mass is 16.5. The molecule has 30 nitrogen and oxygen atoms in total. The van der Waals surface area contributed by atoms with Crippen LogP contribution in [0.5, 0.6) is 0 Å². The Labute approximate surface area is 534 Å². The Morgan fingerprint density at radius 3 is 1.60 bits per heavy atom. The molecule has 12 N–H and O–H groups in total. The van der Waals surface area contributed by atoms with Gasteiger partial charge in [-0.15, -0.1) is 0 Å². The number of nitrogens with two attached hydrogens (primary N) is 4. The number of likely N-dealkylation sites (N-methyl/N-ethyl adjacent to an activating group) is 1. The molecular weight excluding hydrogens is 1190 g/mol. The summed E-state index contributed by atoms with van der Waals surface area (Å²) in [5, 5.41) is 18.0. The molecule has 4 saturated heterocycles. The zero-order valence-electron chi connectivity index (χ0n) is 52.4. The van der Waals surface area contributed by atoms with Crippen LogP contribution in [0.4, 0.5) is 0 Å². The Balaban J connectivity index is 0.779. The standard InChI is InChI=1S/C62H89N15O15/c1-40(88-3)57(81)71-54-44(19-21-46-23-25-48(75(46)61(54)85)58(82)76(65)55(41-13-7-4-8-14-41)42-15-9-5-10-16-42)35-68-52(80)39-92-38-51(79)67-27-29-89-31-33-91-34-32-90-30-28-73(64)62(86)56(43-17-11-6-12-18-43)77(66)59(83)49-26-24-47-22-20-45(36-69-87)53(60(84)74(47)49)70-50(78)37-72(2)63/h4-18,40,44-49,53-56H,19-39,63-66H2,1-3H3,(H,67,79)(H,68,80)(H,70,78)(H,71,81)/t40-,44-,45?,46+,47?,48+,49+,53?,54+,56+/m1/s1. The van der Waals surface area contributed by atoms with Crippen LogP contribution in [0, 0.1) is 16.7 Å². The minimum Gasteiger partial charge on any atom is -0.377 e. The Kier molecular flexibility index (Phi) is 27.8. The van der Waals surface area contributed by atoms with Gasteiger partial charge >= 0.3 is 0 Å². The van der Waals surface area contributed by atoms with E-state index in [0.29, 0.717) is 50.5 Å². The number of hydrazine groups is 4. The van der Waals surface area contributed by atoms with Crippen LogP contribution < -0.4 is 44.6 Å². The van der Waals surface area contributed by atoms with E-state index in [0.717, 1.165) is 26.2 Å². The summed E-state index contributed by atoms with van der Waals surface area (Å²) in [6.07, 6.45) is 2.48. The number of ether oxygens (including phenoxy) is 5. The lowest BCUT2D eigenvalue weighted by Crippen LogP contribution is -2.60. The highest BCUT2D eigenvalue weighted by Gasteiger charge is 2.51. The first kappa shape index (κ1) is 71.5. The Morgan fingerprint density at radius 2 is 1.07 bits per heavy atom. The van der Waals surface area contributed by atoms with Crippen molar-refractivity contribution in [2.24, 2.45) is 40.4 Å². The van der Waals surface area contributed by atoms with Crippen molar-refractivity contribution in [1.82, 2.24) is 51.1 Å². The number of rotatable bonds is 34. The Hall–Kier alpha value is -7.91. The molecule has 4 aliphatic heterocycles. The van der Waals surface area contributed by atoms with Crippen molar-refractivity contribution in [2.75, 3.05) is 99.7 Å². The molecule has 502 valence electrons. The number of nitrogens with one attached hydrogen (secondary N) is 4. The number of nitrogens with zero attached hydrogens (tertiary/aromatic N) is 7. The highest BCUT2D eigenvalue weighted by molar-refractivity contribution is 5.96. The van der Waals surface area contributed by atoms with Gasteiger partial charge in [0.2, 0.25) is 35.4 Å². The van der Waals surface area contributed by atoms with Gasteiger partial charge in [-0.3, -0.25) is 64.0 Å². The minimum absolute atomic E-state index is 0.000630. The van der Waals surface area contributed by atoms with E-state index >= 15 is 0 Å². The smallest absolute Gasteiger partial charge is 0.265 e. The lowest BCUT2D eigenvalue weighted by Gasteiger charge is -2.36. The first-order chi connectivity index (χ1) is 44.3.